The van der Waals surface area contributed by atoms with E-state index in [1.807, 2.05) is 37.3 Å². The van der Waals surface area contributed by atoms with Crippen LogP contribution in [0.15, 0.2) is 77.9 Å². The standard InChI is InChI=1S/C28H30Cl2N2O5/c1-17(34)22(15-33)32-25(28(2)13-12-19(29)14-23(28)30)24(20-10-6-7-11-21(20)27(32)36)26(35)31-37-16-18-8-4-3-5-9-18/h3-14,17,22-25,33-34H,15-16H2,1-2H3,(H,31,35)/t17-,22-,23?,24+,25+,28?/m0/s1. The van der Waals surface area contributed by atoms with E-state index < -0.39 is 53.3 Å². The molecule has 0 saturated heterocycles. The molecule has 1 heterocycles. The summed E-state index contributed by atoms with van der Waals surface area (Å²) in [6.45, 7) is 2.97. The maximum absolute atomic E-state index is 13.9. The fourth-order valence-electron chi connectivity index (χ4n) is 5.15. The highest BCUT2D eigenvalue weighted by Gasteiger charge is 2.55. The van der Waals surface area contributed by atoms with E-state index in [9.17, 15) is 19.8 Å². The third kappa shape index (κ3) is 5.33. The van der Waals surface area contributed by atoms with Gasteiger partial charge in [0.05, 0.1) is 42.7 Å². The van der Waals surface area contributed by atoms with Crippen LogP contribution in [0.1, 0.15) is 41.3 Å². The van der Waals surface area contributed by atoms with Crippen LogP contribution in [-0.4, -0.2) is 57.1 Å². The van der Waals surface area contributed by atoms with E-state index >= 15 is 0 Å². The Kier molecular flexibility index (Phi) is 8.41. The predicted molar refractivity (Wildman–Crippen MR) is 142 cm³/mol. The van der Waals surface area contributed by atoms with Gasteiger partial charge in [-0.1, -0.05) is 73.1 Å². The normalized spacial score (nSPS) is 26.8. The summed E-state index contributed by atoms with van der Waals surface area (Å²) in [6.07, 6.45) is 4.04. The van der Waals surface area contributed by atoms with Gasteiger partial charge in [0.25, 0.3) is 11.8 Å². The third-order valence-corrected chi connectivity index (χ3v) is 8.00. The number of allylic oxidation sites excluding steroid dienone is 3. The lowest BCUT2D eigenvalue weighted by molar-refractivity contribution is -0.140. The van der Waals surface area contributed by atoms with Crippen molar-refractivity contribution in [3.8, 4) is 0 Å². The molecule has 2 aliphatic rings. The number of benzene rings is 2. The van der Waals surface area contributed by atoms with Crippen LogP contribution in [0.4, 0.5) is 0 Å². The number of nitrogens with zero attached hydrogens (tertiary/aromatic N) is 1. The van der Waals surface area contributed by atoms with Gasteiger partial charge < -0.3 is 15.1 Å². The quantitative estimate of drug-likeness (QED) is 0.346. The number of carbonyl (C=O) groups excluding carboxylic acids is 2. The number of halogens is 2. The molecule has 2 unspecified atom stereocenters. The second kappa shape index (κ2) is 11.4. The first-order chi connectivity index (χ1) is 17.7. The molecule has 3 N–H and O–H groups in total. The van der Waals surface area contributed by atoms with Crippen LogP contribution in [0.5, 0.6) is 0 Å². The lowest BCUT2D eigenvalue weighted by Gasteiger charge is -2.53. The molecule has 0 saturated carbocycles. The molecule has 6 atom stereocenters. The van der Waals surface area contributed by atoms with Crippen LogP contribution in [-0.2, 0) is 16.2 Å². The van der Waals surface area contributed by atoms with E-state index in [-0.39, 0.29) is 6.61 Å². The first-order valence-electron chi connectivity index (χ1n) is 12.1. The Morgan fingerprint density at radius 3 is 2.51 bits per heavy atom. The molecule has 7 nitrogen and oxygen atoms in total. The highest BCUT2D eigenvalue weighted by Crippen LogP contribution is 2.49. The van der Waals surface area contributed by atoms with Gasteiger partial charge >= 0.3 is 0 Å². The van der Waals surface area contributed by atoms with Crippen LogP contribution < -0.4 is 5.48 Å². The van der Waals surface area contributed by atoms with Crippen molar-refractivity contribution in [3.05, 3.63) is 94.5 Å². The molecule has 4 rings (SSSR count). The van der Waals surface area contributed by atoms with E-state index in [1.54, 1.807) is 42.5 Å². The number of alkyl halides is 1. The number of hydrogen-bond acceptors (Lipinski definition) is 5. The second-order valence-corrected chi connectivity index (χ2v) is 10.5. The average molecular weight is 545 g/mol. The Bertz CT molecular complexity index is 1200. The molecule has 2 amide bonds. The topological polar surface area (TPSA) is 99.1 Å². The lowest BCUT2D eigenvalue weighted by atomic mass is 9.66. The SMILES string of the molecule is C[C@H](O)[C@H](CO)N1C(=O)c2ccccc2[C@@H](C(=O)NOCc2ccccc2)[C@@H]1C1(C)C=CC(Cl)=CC1Cl. The van der Waals surface area contributed by atoms with E-state index in [4.69, 9.17) is 28.0 Å². The summed E-state index contributed by atoms with van der Waals surface area (Å²) < 4.78 is 0. The van der Waals surface area contributed by atoms with Gasteiger partial charge in [0.1, 0.15) is 0 Å². The van der Waals surface area contributed by atoms with Gasteiger partial charge in [-0.25, -0.2) is 5.48 Å². The lowest BCUT2D eigenvalue weighted by Crippen LogP contribution is -2.65. The zero-order valence-corrected chi connectivity index (χ0v) is 22.1. The summed E-state index contributed by atoms with van der Waals surface area (Å²) in [4.78, 5) is 34.7. The molecular weight excluding hydrogens is 515 g/mol. The fraction of sp³-hybridized carbons (Fsp3) is 0.357. The molecule has 2 aromatic rings. The van der Waals surface area contributed by atoms with Crippen molar-refractivity contribution in [1.29, 1.82) is 0 Å². The van der Waals surface area contributed by atoms with Gasteiger partial charge in [0.15, 0.2) is 0 Å². The van der Waals surface area contributed by atoms with Gasteiger partial charge in [-0.3, -0.25) is 14.4 Å². The highest BCUT2D eigenvalue weighted by molar-refractivity contribution is 6.32. The molecule has 0 fully saturated rings. The number of carbonyl (C=O) groups is 2. The maximum atomic E-state index is 13.9. The Labute approximate surface area is 226 Å². The first-order valence-corrected chi connectivity index (χ1v) is 12.9. The Balaban J connectivity index is 1.80. The number of hydroxylamine groups is 1. The molecule has 1 aliphatic carbocycles. The zero-order chi connectivity index (χ0) is 26.7. The fourth-order valence-corrected chi connectivity index (χ4v) is 5.74. The highest BCUT2D eigenvalue weighted by atomic mass is 35.5. The number of rotatable bonds is 8. The minimum absolute atomic E-state index is 0.148. The van der Waals surface area contributed by atoms with E-state index in [0.29, 0.717) is 16.2 Å². The van der Waals surface area contributed by atoms with Crippen molar-refractivity contribution < 1.29 is 24.6 Å². The Morgan fingerprint density at radius 1 is 1.19 bits per heavy atom. The molecule has 2 aromatic carbocycles. The third-order valence-electron chi connectivity index (χ3n) is 7.15. The summed E-state index contributed by atoms with van der Waals surface area (Å²) in [5, 5.41) is 20.6. The van der Waals surface area contributed by atoms with E-state index in [0.717, 1.165) is 5.56 Å². The molecule has 0 aromatic heterocycles. The van der Waals surface area contributed by atoms with Crippen LogP contribution >= 0.6 is 23.2 Å². The number of amides is 2. The molecule has 196 valence electrons. The Hall–Kier alpha value is -2.68. The van der Waals surface area contributed by atoms with Crippen molar-refractivity contribution in [2.75, 3.05) is 6.61 Å². The van der Waals surface area contributed by atoms with Crippen molar-refractivity contribution in [3.63, 3.8) is 0 Å². The summed E-state index contributed by atoms with van der Waals surface area (Å²) in [6, 6.07) is 14.4. The first kappa shape index (κ1) is 27.4. The summed E-state index contributed by atoms with van der Waals surface area (Å²) >= 11 is 13.1. The van der Waals surface area contributed by atoms with Gasteiger partial charge in [-0.05, 0) is 36.3 Å². The van der Waals surface area contributed by atoms with Gasteiger partial charge in [0.2, 0.25) is 0 Å². The van der Waals surface area contributed by atoms with Crippen LogP contribution in [0, 0.1) is 5.41 Å². The van der Waals surface area contributed by atoms with Gasteiger partial charge in [0, 0.05) is 16.0 Å². The maximum Gasteiger partial charge on any atom is 0.254 e. The number of fused-ring (bicyclic) bond motifs is 1. The summed E-state index contributed by atoms with van der Waals surface area (Å²) in [5.74, 6) is -1.82. The number of aliphatic hydroxyl groups excluding tert-OH is 2. The molecule has 1 aliphatic heterocycles. The van der Waals surface area contributed by atoms with Crippen molar-refractivity contribution in [2.45, 2.75) is 49.9 Å². The molecular formula is C28H30Cl2N2O5. The minimum atomic E-state index is -1.08. The smallest absolute Gasteiger partial charge is 0.254 e. The number of nitrogens with one attached hydrogen (secondary N) is 1. The summed E-state index contributed by atoms with van der Waals surface area (Å²) in [7, 11) is 0. The number of hydrogen-bond donors (Lipinski definition) is 3. The predicted octanol–water partition coefficient (Wildman–Crippen LogP) is 3.89. The number of aliphatic hydroxyl groups is 2. The van der Waals surface area contributed by atoms with Crippen molar-refractivity contribution in [1.82, 2.24) is 10.4 Å². The largest absolute Gasteiger partial charge is 0.394 e. The van der Waals surface area contributed by atoms with Crippen LogP contribution in [0.25, 0.3) is 0 Å². The van der Waals surface area contributed by atoms with Gasteiger partial charge in [-0.15, -0.1) is 11.6 Å². The average Bonchev–Trinajstić information content (AvgIpc) is 2.88. The minimum Gasteiger partial charge on any atom is -0.394 e. The van der Waals surface area contributed by atoms with Crippen LogP contribution in [0.2, 0.25) is 0 Å². The summed E-state index contributed by atoms with van der Waals surface area (Å²) in [5.41, 5.74) is 3.26. The second-order valence-electron chi connectivity index (χ2n) is 9.61. The molecule has 0 radical (unpaired) electrons. The molecule has 0 bridgehead atoms. The van der Waals surface area contributed by atoms with Gasteiger partial charge in [-0.2, -0.15) is 0 Å². The molecule has 0 spiro atoms. The van der Waals surface area contributed by atoms with Crippen molar-refractivity contribution >= 4 is 35.0 Å². The zero-order valence-electron chi connectivity index (χ0n) is 20.6. The van der Waals surface area contributed by atoms with Crippen LogP contribution in [0.3, 0.4) is 0 Å². The molecule has 9 heteroatoms. The van der Waals surface area contributed by atoms with Crippen molar-refractivity contribution in [2.24, 2.45) is 5.41 Å². The van der Waals surface area contributed by atoms with E-state index in [2.05, 4.69) is 5.48 Å². The van der Waals surface area contributed by atoms with E-state index in [1.165, 1.54) is 11.8 Å². The monoisotopic (exact) mass is 544 g/mol. The Morgan fingerprint density at radius 2 is 1.86 bits per heavy atom. The molecule has 37 heavy (non-hydrogen) atoms.